The Kier molecular flexibility index (Phi) is 7.04. The third-order valence-electron chi connectivity index (χ3n) is 5.21. The minimum atomic E-state index is -0.333. The Morgan fingerprint density at radius 1 is 1.03 bits per heavy atom. The maximum absolute atomic E-state index is 12.4. The summed E-state index contributed by atoms with van der Waals surface area (Å²) in [6, 6.07) is 11.2. The molecule has 0 aliphatic heterocycles. The van der Waals surface area contributed by atoms with Gasteiger partial charge in [0.15, 0.2) is 0 Å². The highest BCUT2D eigenvalue weighted by molar-refractivity contribution is 6.31. The second kappa shape index (κ2) is 10.0. The van der Waals surface area contributed by atoms with Crippen LogP contribution in [0.15, 0.2) is 36.4 Å². The second-order valence-electron chi connectivity index (χ2n) is 8.89. The third kappa shape index (κ3) is 5.95. The molecule has 0 saturated heterocycles. The lowest BCUT2D eigenvalue weighted by Gasteiger charge is -2.23. The van der Waals surface area contributed by atoms with Crippen molar-refractivity contribution in [2.24, 2.45) is 0 Å². The van der Waals surface area contributed by atoms with Gasteiger partial charge >= 0.3 is 0 Å². The molecular formula is C23H24Cl2N8O2. The fraction of sp³-hybridized carbons (Fsp3) is 0.304. The first-order valence-electron chi connectivity index (χ1n) is 10.9. The van der Waals surface area contributed by atoms with Gasteiger partial charge in [-0.25, -0.2) is 0 Å². The average molecular weight is 515 g/mol. The molecule has 12 heteroatoms. The number of carbonyl (C=O) groups excluding carboxylic acids is 1. The van der Waals surface area contributed by atoms with E-state index in [1.165, 1.54) is 4.80 Å². The molecule has 4 rings (SSSR count). The second-order valence-corrected chi connectivity index (χ2v) is 9.57. The van der Waals surface area contributed by atoms with Gasteiger partial charge in [0, 0.05) is 12.0 Å². The number of benzene rings is 2. The number of aromatic nitrogens is 6. The van der Waals surface area contributed by atoms with E-state index in [9.17, 15) is 9.90 Å². The number of halogens is 2. The van der Waals surface area contributed by atoms with E-state index in [0.717, 1.165) is 22.2 Å². The topological polar surface area (TPSA) is 131 Å². The van der Waals surface area contributed by atoms with Crippen LogP contribution < -0.4 is 10.6 Å². The molecule has 182 valence electrons. The minimum absolute atomic E-state index is 0.0452. The van der Waals surface area contributed by atoms with Crippen molar-refractivity contribution >= 4 is 46.1 Å². The highest BCUT2D eigenvalue weighted by Gasteiger charge is 2.23. The summed E-state index contributed by atoms with van der Waals surface area (Å²) in [5, 5.41) is 25.5. The third-order valence-corrected chi connectivity index (χ3v) is 5.55. The van der Waals surface area contributed by atoms with E-state index in [2.05, 4.69) is 35.8 Å². The Balaban J connectivity index is 1.48. The van der Waals surface area contributed by atoms with Crippen LogP contribution in [0.5, 0.6) is 5.75 Å². The van der Waals surface area contributed by atoms with Crippen LogP contribution in [0.3, 0.4) is 0 Å². The van der Waals surface area contributed by atoms with Crippen molar-refractivity contribution in [3.63, 3.8) is 0 Å². The summed E-state index contributed by atoms with van der Waals surface area (Å²) in [7, 11) is 0. The molecule has 0 bridgehead atoms. The van der Waals surface area contributed by atoms with E-state index in [4.69, 9.17) is 23.2 Å². The monoisotopic (exact) mass is 514 g/mol. The number of fused-ring (bicyclic) bond motifs is 1. The number of hydrogen-bond acceptors (Lipinski definition) is 8. The first-order valence-corrected chi connectivity index (χ1v) is 11.6. The predicted octanol–water partition coefficient (Wildman–Crippen LogP) is 4.03. The van der Waals surface area contributed by atoms with Crippen LogP contribution in [0.4, 0.5) is 5.95 Å². The van der Waals surface area contributed by atoms with E-state index in [1.807, 2.05) is 57.2 Å². The molecule has 0 unspecified atom stereocenters. The maximum atomic E-state index is 12.4. The molecule has 4 aromatic rings. The summed E-state index contributed by atoms with van der Waals surface area (Å²) < 4.78 is 0. The standard InChI is InChI=1S/C23H24Cl2N8O2/c1-23(2,3)14-10-13(8-9-18(34)26-12-27-22-29-20(24)28-21(25)30-22)11-17(19(14)35)33-31-15-6-4-5-7-16(15)32-33/h4-7,10-11,35H,8-9,12H2,1-3H3,(H,26,34)(H,27,28,29,30). The van der Waals surface area contributed by atoms with Gasteiger partial charge in [-0.2, -0.15) is 15.0 Å². The molecule has 10 nitrogen and oxygen atoms in total. The van der Waals surface area contributed by atoms with Gasteiger partial charge in [0.2, 0.25) is 22.4 Å². The van der Waals surface area contributed by atoms with Gasteiger partial charge in [0.1, 0.15) is 22.5 Å². The van der Waals surface area contributed by atoms with Crippen molar-refractivity contribution in [1.29, 1.82) is 0 Å². The summed E-state index contributed by atoms with van der Waals surface area (Å²) in [6.45, 7) is 6.13. The van der Waals surface area contributed by atoms with Gasteiger partial charge in [-0.1, -0.05) is 39.0 Å². The number of carbonyl (C=O) groups is 1. The van der Waals surface area contributed by atoms with Crippen LogP contribution in [0.25, 0.3) is 16.7 Å². The number of aromatic hydroxyl groups is 1. The van der Waals surface area contributed by atoms with Gasteiger partial charge in [-0.05, 0) is 58.8 Å². The molecule has 0 atom stereocenters. The van der Waals surface area contributed by atoms with Crippen LogP contribution in [0.1, 0.15) is 38.3 Å². The molecule has 0 aliphatic carbocycles. The zero-order valence-electron chi connectivity index (χ0n) is 19.4. The van der Waals surface area contributed by atoms with Gasteiger partial charge in [0.05, 0.1) is 6.67 Å². The number of rotatable bonds is 7. The zero-order valence-corrected chi connectivity index (χ0v) is 20.9. The van der Waals surface area contributed by atoms with Crippen molar-refractivity contribution in [2.45, 2.75) is 39.0 Å². The smallest absolute Gasteiger partial charge is 0.229 e. The molecule has 3 N–H and O–H groups in total. The lowest BCUT2D eigenvalue weighted by Crippen LogP contribution is -2.29. The highest BCUT2D eigenvalue weighted by atomic mass is 35.5. The largest absolute Gasteiger partial charge is 0.505 e. The van der Waals surface area contributed by atoms with Crippen LogP contribution >= 0.6 is 23.2 Å². The number of phenols is 1. The van der Waals surface area contributed by atoms with Crippen molar-refractivity contribution < 1.29 is 9.90 Å². The van der Waals surface area contributed by atoms with E-state index in [0.29, 0.717) is 12.1 Å². The van der Waals surface area contributed by atoms with Gasteiger partial charge in [0.25, 0.3) is 0 Å². The van der Waals surface area contributed by atoms with Crippen LogP contribution in [-0.4, -0.2) is 47.6 Å². The summed E-state index contributed by atoms with van der Waals surface area (Å²) in [5.74, 6) is 0.0934. The van der Waals surface area contributed by atoms with E-state index in [-0.39, 0.29) is 46.7 Å². The fourth-order valence-corrected chi connectivity index (χ4v) is 3.85. The number of nitrogens with zero attached hydrogens (tertiary/aromatic N) is 6. The Bertz CT molecular complexity index is 1330. The quantitative estimate of drug-likeness (QED) is 0.315. The summed E-state index contributed by atoms with van der Waals surface area (Å²) >= 11 is 11.5. The molecule has 2 heterocycles. The first-order chi connectivity index (χ1) is 16.6. The predicted molar refractivity (Wildman–Crippen MR) is 134 cm³/mol. The van der Waals surface area contributed by atoms with Crippen LogP contribution in [0.2, 0.25) is 10.6 Å². The van der Waals surface area contributed by atoms with E-state index >= 15 is 0 Å². The van der Waals surface area contributed by atoms with Crippen LogP contribution in [-0.2, 0) is 16.6 Å². The molecule has 0 aliphatic rings. The lowest BCUT2D eigenvalue weighted by atomic mass is 9.84. The van der Waals surface area contributed by atoms with Gasteiger partial charge in [-0.15, -0.1) is 15.0 Å². The number of aryl methyl sites for hydroxylation is 1. The fourth-order valence-electron chi connectivity index (χ4n) is 3.49. The molecule has 1 amide bonds. The van der Waals surface area contributed by atoms with Crippen LogP contribution in [0, 0.1) is 0 Å². The number of hydrogen-bond donors (Lipinski definition) is 3. The molecule has 2 aromatic heterocycles. The number of nitrogens with one attached hydrogen (secondary N) is 2. The van der Waals surface area contributed by atoms with Gasteiger partial charge in [-0.3, -0.25) is 4.79 Å². The van der Waals surface area contributed by atoms with E-state index < -0.39 is 0 Å². The molecular weight excluding hydrogens is 491 g/mol. The Hall–Kier alpha value is -3.50. The van der Waals surface area contributed by atoms with Crippen molar-refractivity contribution in [3.05, 3.63) is 58.1 Å². The number of anilines is 1. The van der Waals surface area contributed by atoms with Crippen molar-refractivity contribution in [3.8, 4) is 11.4 Å². The summed E-state index contributed by atoms with van der Waals surface area (Å²) in [6.07, 6.45) is 0.676. The molecule has 35 heavy (non-hydrogen) atoms. The molecule has 0 saturated carbocycles. The van der Waals surface area contributed by atoms with Crippen molar-refractivity contribution in [2.75, 3.05) is 12.0 Å². The molecule has 0 spiro atoms. The minimum Gasteiger partial charge on any atom is -0.505 e. The molecule has 0 radical (unpaired) electrons. The normalized spacial score (nSPS) is 11.6. The highest BCUT2D eigenvalue weighted by Crippen LogP contribution is 2.36. The molecule has 0 fully saturated rings. The summed E-state index contributed by atoms with van der Waals surface area (Å²) in [4.78, 5) is 25.3. The maximum Gasteiger partial charge on any atom is 0.229 e. The summed E-state index contributed by atoms with van der Waals surface area (Å²) in [5.41, 5.74) is 3.21. The number of amides is 1. The lowest BCUT2D eigenvalue weighted by molar-refractivity contribution is -0.120. The SMILES string of the molecule is CC(C)(C)c1cc(CCC(=O)NCNc2nc(Cl)nc(Cl)n2)cc(-n2nc3ccccc3n2)c1O. The Morgan fingerprint density at radius 2 is 1.66 bits per heavy atom. The molecule has 2 aromatic carbocycles. The van der Waals surface area contributed by atoms with E-state index in [1.54, 1.807) is 0 Å². The first kappa shape index (κ1) is 24.6. The Labute approximate surface area is 211 Å². The Morgan fingerprint density at radius 3 is 2.26 bits per heavy atom. The average Bonchev–Trinajstić information content (AvgIpc) is 3.21. The zero-order chi connectivity index (χ0) is 25.2. The van der Waals surface area contributed by atoms with Gasteiger partial charge < -0.3 is 15.7 Å². The number of phenolic OH excluding ortho intramolecular Hbond substituents is 1. The van der Waals surface area contributed by atoms with Crippen molar-refractivity contribution in [1.82, 2.24) is 35.3 Å².